The van der Waals surface area contributed by atoms with Crippen molar-refractivity contribution < 1.29 is 9.13 Å². The van der Waals surface area contributed by atoms with Crippen LogP contribution in [0.5, 0.6) is 0 Å². The zero-order valence-corrected chi connectivity index (χ0v) is 11.8. The van der Waals surface area contributed by atoms with E-state index in [-0.39, 0.29) is 11.4 Å². The molecule has 19 heavy (non-hydrogen) atoms. The van der Waals surface area contributed by atoms with Gasteiger partial charge in [0.05, 0.1) is 11.8 Å². The van der Waals surface area contributed by atoms with Gasteiger partial charge in [-0.25, -0.2) is 4.39 Å². The molecule has 4 heteroatoms. The molecule has 0 radical (unpaired) electrons. The van der Waals surface area contributed by atoms with Crippen LogP contribution in [-0.2, 0) is 11.3 Å². The van der Waals surface area contributed by atoms with Crippen molar-refractivity contribution in [2.45, 2.75) is 57.7 Å². The zero-order valence-electron chi connectivity index (χ0n) is 11.8. The van der Waals surface area contributed by atoms with Crippen LogP contribution in [0.25, 0.3) is 0 Å². The van der Waals surface area contributed by atoms with Gasteiger partial charge in [-0.3, -0.25) is 4.98 Å². The number of nitrogens with one attached hydrogen (secondary N) is 1. The number of nitrogens with zero attached hydrogens (tertiary/aromatic N) is 1. The minimum atomic E-state index is -0.275. The average Bonchev–Trinajstić information content (AvgIpc) is 2.45. The molecule has 1 atom stereocenters. The number of halogens is 1. The van der Waals surface area contributed by atoms with Gasteiger partial charge in [0.2, 0.25) is 0 Å². The van der Waals surface area contributed by atoms with Gasteiger partial charge in [-0.2, -0.15) is 0 Å². The van der Waals surface area contributed by atoms with Crippen LogP contribution >= 0.6 is 0 Å². The maximum atomic E-state index is 13.1. The molecule has 1 unspecified atom stereocenters. The molecule has 0 spiro atoms. The maximum absolute atomic E-state index is 13.1. The minimum Gasteiger partial charge on any atom is -0.375 e. The quantitative estimate of drug-likeness (QED) is 0.889. The Bertz CT molecular complexity index is 407. The van der Waals surface area contributed by atoms with E-state index in [1.54, 1.807) is 6.20 Å². The summed E-state index contributed by atoms with van der Waals surface area (Å²) >= 11 is 0. The van der Waals surface area contributed by atoms with Crippen molar-refractivity contribution in [1.29, 1.82) is 0 Å². The van der Waals surface area contributed by atoms with E-state index in [9.17, 15) is 4.39 Å². The lowest BCUT2D eigenvalue weighted by molar-refractivity contribution is -0.0932. The summed E-state index contributed by atoms with van der Waals surface area (Å²) in [4.78, 5) is 3.87. The Kier molecular flexibility index (Phi) is 4.88. The molecule has 1 saturated heterocycles. The van der Waals surface area contributed by atoms with Crippen LogP contribution in [0.4, 0.5) is 4.39 Å². The van der Waals surface area contributed by atoms with Crippen molar-refractivity contribution in [2.24, 2.45) is 0 Å². The first-order valence-corrected chi connectivity index (χ1v) is 7.14. The van der Waals surface area contributed by atoms with Gasteiger partial charge in [0, 0.05) is 25.4 Å². The molecule has 2 rings (SSSR count). The predicted molar refractivity (Wildman–Crippen MR) is 73.3 cm³/mol. The molecule has 1 aliphatic rings. The van der Waals surface area contributed by atoms with E-state index >= 15 is 0 Å². The first-order valence-electron chi connectivity index (χ1n) is 7.14. The van der Waals surface area contributed by atoms with E-state index in [1.807, 2.05) is 0 Å². The van der Waals surface area contributed by atoms with Crippen LogP contribution in [0.1, 0.15) is 45.1 Å². The van der Waals surface area contributed by atoms with Gasteiger partial charge in [0.25, 0.3) is 0 Å². The van der Waals surface area contributed by atoms with Gasteiger partial charge in [0.15, 0.2) is 0 Å². The van der Waals surface area contributed by atoms with Crippen LogP contribution < -0.4 is 5.32 Å². The first-order chi connectivity index (χ1) is 9.17. The summed E-state index contributed by atoms with van der Waals surface area (Å²) in [5.74, 6) is -0.275. The smallest absolute Gasteiger partial charge is 0.141 e. The molecule has 0 bridgehead atoms. The lowest BCUT2D eigenvalue weighted by atomic mass is 9.86. The second kappa shape index (κ2) is 6.44. The molecule has 0 saturated carbocycles. The summed E-state index contributed by atoms with van der Waals surface area (Å²) in [6.07, 6.45) is 7.08. The third-order valence-electron chi connectivity index (χ3n) is 4.14. The highest BCUT2D eigenvalue weighted by Crippen LogP contribution is 2.31. The number of ether oxygens (including phenoxy) is 1. The van der Waals surface area contributed by atoms with Gasteiger partial charge in [-0.15, -0.1) is 0 Å². The summed E-state index contributed by atoms with van der Waals surface area (Å²) in [7, 11) is 0. The summed E-state index contributed by atoms with van der Waals surface area (Å²) in [6, 6.07) is 1.98. The summed E-state index contributed by atoms with van der Waals surface area (Å²) in [6.45, 7) is 5.84. The number of hydrogen-bond donors (Lipinski definition) is 1. The van der Waals surface area contributed by atoms with E-state index in [0.29, 0.717) is 12.6 Å². The topological polar surface area (TPSA) is 34.2 Å². The minimum absolute atomic E-state index is 0.0239. The molecule has 1 N–H and O–H groups in total. The van der Waals surface area contributed by atoms with Crippen molar-refractivity contribution >= 4 is 0 Å². The maximum Gasteiger partial charge on any atom is 0.141 e. The fraction of sp³-hybridized carbons (Fsp3) is 0.667. The Morgan fingerprint density at radius 2 is 2.21 bits per heavy atom. The third-order valence-corrected chi connectivity index (χ3v) is 4.14. The number of aromatic nitrogens is 1. The molecule has 1 aliphatic heterocycles. The lowest BCUT2D eigenvalue weighted by Crippen LogP contribution is -2.46. The number of rotatable bonds is 5. The second-order valence-corrected chi connectivity index (χ2v) is 5.32. The highest BCUT2D eigenvalue weighted by atomic mass is 19.1. The van der Waals surface area contributed by atoms with Gasteiger partial charge in [0.1, 0.15) is 5.82 Å². The molecule has 0 aromatic carbocycles. The van der Waals surface area contributed by atoms with Gasteiger partial charge >= 0.3 is 0 Å². The molecule has 1 aromatic heterocycles. The highest BCUT2D eigenvalue weighted by Gasteiger charge is 2.34. The van der Waals surface area contributed by atoms with Crippen LogP contribution in [0, 0.1) is 5.82 Å². The Morgan fingerprint density at radius 1 is 1.42 bits per heavy atom. The molecular formula is C15H23FN2O. The largest absolute Gasteiger partial charge is 0.375 e. The fourth-order valence-corrected chi connectivity index (χ4v) is 2.76. The van der Waals surface area contributed by atoms with Crippen molar-refractivity contribution in [1.82, 2.24) is 10.3 Å². The van der Waals surface area contributed by atoms with Crippen LogP contribution in [0.2, 0.25) is 0 Å². The Hall–Kier alpha value is -1.00. The molecule has 106 valence electrons. The van der Waals surface area contributed by atoms with E-state index in [1.165, 1.54) is 12.3 Å². The standard InChI is InChI=1S/C15H23FN2O/c1-3-15(4-2)8-14(5-6-19-15)18-10-12-7-13(16)11-17-9-12/h7,9,11,14,18H,3-6,8,10H2,1-2H3. The molecule has 3 nitrogen and oxygen atoms in total. The number of hydrogen-bond acceptors (Lipinski definition) is 3. The van der Waals surface area contributed by atoms with Crippen molar-refractivity contribution in [3.05, 3.63) is 29.8 Å². The summed E-state index contributed by atoms with van der Waals surface area (Å²) in [5.41, 5.74) is 0.918. The second-order valence-electron chi connectivity index (χ2n) is 5.32. The van der Waals surface area contributed by atoms with E-state index in [0.717, 1.165) is 37.9 Å². The van der Waals surface area contributed by atoms with Crippen molar-refractivity contribution in [3.8, 4) is 0 Å². The lowest BCUT2D eigenvalue weighted by Gasteiger charge is -2.40. The molecule has 2 heterocycles. The zero-order chi connectivity index (χ0) is 13.7. The van der Waals surface area contributed by atoms with Crippen LogP contribution in [0.3, 0.4) is 0 Å². The highest BCUT2D eigenvalue weighted by molar-refractivity contribution is 5.10. The molecule has 0 amide bonds. The Labute approximate surface area is 114 Å². The van der Waals surface area contributed by atoms with E-state index in [4.69, 9.17) is 4.74 Å². The predicted octanol–water partition coefficient (Wildman–Crippen LogP) is 3.05. The van der Waals surface area contributed by atoms with Crippen LogP contribution in [0.15, 0.2) is 18.5 Å². The van der Waals surface area contributed by atoms with Crippen molar-refractivity contribution in [2.75, 3.05) is 6.61 Å². The number of pyridine rings is 1. The van der Waals surface area contributed by atoms with Gasteiger partial charge < -0.3 is 10.1 Å². The van der Waals surface area contributed by atoms with Crippen molar-refractivity contribution in [3.63, 3.8) is 0 Å². The molecular weight excluding hydrogens is 243 g/mol. The Balaban J connectivity index is 1.89. The fourth-order valence-electron chi connectivity index (χ4n) is 2.76. The molecule has 1 fully saturated rings. The SMILES string of the molecule is CCC1(CC)CC(NCc2cncc(F)c2)CCO1. The molecule has 0 aliphatic carbocycles. The van der Waals surface area contributed by atoms with E-state index in [2.05, 4.69) is 24.1 Å². The summed E-state index contributed by atoms with van der Waals surface area (Å²) in [5, 5.41) is 3.50. The third kappa shape index (κ3) is 3.74. The van der Waals surface area contributed by atoms with E-state index < -0.39 is 0 Å². The molecule has 1 aromatic rings. The Morgan fingerprint density at radius 3 is 2.89 bits per heavy atom. The van der Waals surface area contributed by atoms with Gasteiger partial charge in [-0.05, 0) is 37.3 Å². The normalized spacial score (nSPS) is 22.4. The van der Waals surface area contributed by atoms with Gasteiger partial charge in [-0.1, -0.05) is 13.8 Å². The average molecular weight is 266 g/mol. The first kappa shape index (κ1) is 14.4. The van der Waals surface area contributed by atoms with Crippen LogP contribution in [-0.4, -0.2) is 23.2 Å². The summed E-state index contributed by atoms with van der Waals surface area (Å²) < 4.78 is 19.0. The monoisotopic (exact) mass is 266 g/mol.